The second kappa shape index (κ2) is 5.61. The number of fused-ring (bicyclic) bond motifs is 1. The van der Waals surface area contributed by atoms with Gasteiger partial charge in [-0.05, 0) is 49.6 Å². The molecule has 4 nitrogen and oxygen atoms in total. The van der Waals surface area contributed by atoms with Crippen LogP contribution in [0.1, 0.15) is 42.9 Å². The van der Waals surface area contributed by atoms with E-state index in [1.54, 1.807) is 7.11 Å². The van der Waals surface area contributed by atoms with Gasteiger partial charge in [0.1, 0.15) is 5.75 Å². The molecule has 3 rings (SSSR count). The normalized spacial score (nSPS) is 26.0. The molecular weight excluding hydrogens is 286 g/mol. The number of hydrogen-bond acceptors (Lipinski definition) is 4. The van der Waals surface area contributed by atoms with Crippen molar-refractivity contribution in [3.05, 3.63) is 29.3 Å². The van der Waals surface area contributed by atoms with E-state index in [1.807, 2.05) is 25.2 Å². The highest BCUT2D eigenvalue weighted by molar-refractivity contribution is 7.92. The maximum atomic E-state index is 13.0. The van der Waals surface area contributed by atoms with Gasteiger partial charge in [0.05, 0.1) is 17.6 Å². The van der Waals surface area contributed by atoms with E-state index < -0.39 is 9.84 Å². The summed E-state index contributed by atoms with van der Waals surface area (Å²) in [5, 5.41) is 2.73. The molecule has 1 saturated carbocycles. The number of benzene rings is 1. The average molecular weight is 309 g/mol. The largest absolute Gasteiger partial charge is 0.497 e. The van der Waals surface area contributed by atoms with Crippen molar-refractivity contribution in [2.75, 3.05) is 14.2 Å². The summed E-state index contributed by atoms with van der Waals surface area (Å²) in [6.07, 6.45) is 4.36. The van der Waals surface area contributed by atoms with Gasteiger partial charge in [-0.2, -0.15) is 0 Å². The maximum Gasteiger partial charge on any atom is 0.158 e. The Kier molecular flexibility index (Phi) is 3.97. The average Bonchev–Trinajstić information content (AvgIpc) is 3.14. The summed E-state index contributed by atoms with van der Waals surface area (Å²) in [7, 11) is 0.390. The lowest BCUT2D eigenvalue weighted by Gasteiger charge is -2.23. The molecular formula is C16H23NO3S. The summed E-state index contributed by atoms with van der Waals surface area (Å²) < 4.78 is 31.2. The van der Waals surface area contributed by atoms with Crippen LogP contribution < -0.4 is 10.1 Å². The van der Waals surface area contributed by atoms with Crippen LogP contribution in [0.25, 0.3) is 0 Å². The number of methoxy groups -OCH3 is 1. The van der Waals surface area contributed by atoms with Crippen molar-refractivity contribution in [1.82, 2.24) is 5.32 Å². The van der Waals surface area contributed by atoms with E-state index >= 15 is 0 Å². The smallest absolute Gasteiger partial charge is 0.158 e. The molecule has 0 saturated heterocycles. The van der Waals surface area contributed by atoms with Crippen molar-refractivity contribution < 1.29 is 13.2 Å². The first-order valence-electron chi connectivity index (χ1n) is 7.64. The van der Waals surface area contributed by atoms with E-state index in [-0.39, 0.29) is 16.5 Å². The van der Waals surface area contributed by atoms with Gasteiger partial charge in [-0.1, -0.05) is 18.9 Å². The summed E-state index contributed by atoms with van der Waals surface area (Å²) in [6, 6.07) is 5.76. The third kappa shape index (κ3) is 2.46. The fourth-order valence-corrected chi connectivity index (χ4v) is 6.38. The summed E-state index contributed by atoms with van der Waals surface area (Å²) in [6.45, 7) is 0. The first-order chi connectivity index (χ1) is 10.1. The van der Waals surface area contributed by atoms with Crippen molar-refractivity contribution in [3.8, 4) is 5.75 Å². The molecule has 0 aliphatic heterocycles. The van der Waals surface area contributed by atoms with Crippen LogP contribution in [0.5, 0.6) is 5.75 Å². The van der Waals surface area contributed by atoms with E-state index in [0.717, 1.165) is 42.6 Å². The predicted octanol–water partition coefficient (Wildman–Crippen LogP) is 2.24. The number of ether oxygens (including phenoxy) is 1. The second-order valence-corrected chi connectivity index (χ2v) is 8.52. The molecule has 1 aromatic carbocycles. The molecule has 0 radical (unpaired) electrons. The van der Waals surface area contributed by atoms with Crippen LogP contribution in [0.15, 0.2) is 18.2 Å². The number of sulfone groups is 1. The Balaban J connectivity index is 1.95. The molecule has 1 aromatic rings. The third-order valence-corrected chi connectivity index (χ3v) is 7.66. The van der Waals surface area contributed by atoms with Gasteiger partial charge in [-0.15, -0.1) is 0 Å². The predicted molar refractivity (Wildman–Crippen MR) is 83.5 cm³/mol. The molecule has 0 aromatic heterocycles. The standard InChI is InChI=1S/C16H23NO3S/c1-17-16-14-10-12(20-2)8-7-11(14)9-15(16)21(18,19)13-5-3-4-6-13/h7-8,10,13,15-17H,3-6,9H2,1-2H3. The summed E-state index contributed by atoms with van der Waals surface area (Å²) >= 11 is 0. The van der Waals surface area contributed by atoms with Gasteiger partial charge in [0.25, 0.3) is 0 Å². The fraction of sp³-hybridized carbons (Fsp3) is 0.625. The third-order valence-electron chi connectivity index (χ3n) is 4.98. The highest BCUT2D eigenvalue weighted by atomic mass is 32.2. The van der Waals surface area contributed by atoms with E-state index in [9.17, 15) is 8.42 Å². The van der Waals surface area contributed by atoms with Crippen molar-refractivity contribution in [1.29, 1.82) is 0 Å². The summed E-state index contributed by atoms with van der Waals surface area (Å²) in [4.78, 5) is 0. The Morgan fingerprint density at radius 3 is 2.57 bits per heavy atom. The highest BCUT2D eigenvalue weighted by Crippen LogP contribution is 2.40. The summed E-state index contributed by atoms with van der Waals surface area (Å²) in [5.41, 5.74) is 2.20. The van der Waals surface area contributed by atoms with Gasteiger partial charge in [-0.25, -0.2) is 8.42 Å². The molecule has 0 spiro atoms. The Hall–Kier alpha value is -1.07. The number of hydrogen-bond donors (Lipinski definition) is 1. The molecule has 1 fully saturated rings. The van der Waals surface area contributed by atoms with Crippen LogP contribution in [-0.4, -0.2) is 33.1 Å². The van der Waals surface area contributed by atoms with E-state index in [4.69, 9.17) is 4.74 Å². The van der Waals surface area contributed by atoms with Gasteiger partial charge in [0, 0.05) is 6.04 Å². The minimum absolute atomic E-state index is 0.124. The van der Waals surface area contributed by atoms with Crippen molar-refractivity contribution in [2.45, 2.75) is 48.6 Å². The lowest BCUT2D eigenvalue weighted by atomic mass is 10.1. The first kappa shape index (κ1) is 14.9. The van der Waals surface area contributed by atoms with Crippen LogP contribution >= 0.6 is 0 Å². The van der Waals surface area contributed by atoms with Gasteiger partial charge < -0.3 is 10.1 Å². The maximum absolute atomic E-state index is 13.0. The molecule has 2 aliphatic rings. The van der Waals surface area contributed by atoms with Crippen LogP contribution in [0, 0.1) is 0 Å². The lowest BCUT2D eigenvalue weighted by molar-refractivity contribution is 0.413. The minimum Gasteiger partial charge on any atom is -0.497 e. The molecule has 0 heterocycles. The van der Waals surface area contributed by atoms with Gasteiger partial charge in [0.2, 0.25) is 0 Å². The Morgan fingerprint density at radius 2 is 1.95 bits per heavy atom. The molecule has 2 aliphatic carbocycles. The van der Waals surface area contributed by atoms with Crippen molar-refractivity contribution in [2.24, 2.45) is 0 Å². The van der Waals surface area contributed by atoms with Crippen molar-refractivity contribution >= 4 is 9.84 Å². The molecule has 0 amide bonds. The van der Waals surface area contributed by atoms with Crippen LogP contribution in [0.2, 0.25) is 0 Å². The fourth-order valence-electron chi connectivity index (χ4n) is 3.82. The Morgan fingerprint density at radius 1 is 1.24 bits per heavy atom. The molecule has 1 N–H and O–H groups in total. The molecule has 5 heteroatoms. The summed E-state index contributed by atoms with van der Waals surface area (Å²) in [5.74, 6) is 0.785. The minimum atomic E-state index is -3.09. The molecule has 21 heavy (non-hydrogen) atoms. The molecule has 2 unspecified atom stereocenters. The van der Waals surface area contributed by atoms with Gasteiger partial charge in [-0.3, -0.25) is 0 Å². The van der Waals surface area contributed by atoms with E-state index in [1.165, 1.54) is 0 Å². The highest BCUT2D eigenvalue weighted by Gasteiger charge is 2.44. The topological polar surface area (TPSA) is 55.4 Å². The Bertz CT molecular complexity index is 620. The van der Waals surface area contributed by atoms with Gasteiger partial charge in [0.15, 0.2) is 9.84 Å². The quantitative estimate of drug-likeness (QED) is 0.927. The van der Waals surface area contributed by atoms with Gasteiger partial charge >= 0.3 is 0 Å². The van der Waals surface area contributed by atoms with E-state index in [0.29, 0.717) is 6.42 Å². The Labute approximate surface area is 126 Å². The second-order valence-electron chi connectivity index (χ2n) is 6.07. The zero-order chi connectivity index (χ0) is 15.0. The molecule has 0 bridgehead atoms. The number of nitrogens with one attached hydrogen (secondary N) is 1. The first-order valence-corrected chi connectivity index (χ1v) is 9.25. The lowest BCUT2D eigenvalue weighted by Crippen LogP contribution is -2.38. The zero-order valence-electron chi connectivity index (χ0n) is 12.6. The molecule has 116 valence electrons. The van der Waals surface area contributed by atoms with E-state index in [2.05, 4.69) is 5.32 Å². The van der Waals surface area contributed by atoms with Crippen LogP contribution in [0.4, 0.5) is 0 Å². The zero-order valence-corrected chi connectivity index (χ0v) is 13.4. The number of rotatable bonds is 4. The van der Waals surface area contributed by atoms with Crippen LogP contribution in [0.3, 0.4) is 0 Å². The SMILES string of the molecule is CNC1c2cc(OC)ccc2CC1S(=O)(=O)C1CCCC1. The van der Waals surface area contributed by atoms with Crippen LogP contribution in [-0.2, 0) is 16.3 Å². The monoisotopic (exact) mass is 309 g/mol. The van der Waals surface area contributed by atoms with Crippen molar-refractivity contribution in [3.63, 3.8) is 0 Å². The molecule has 2 atom stereocenters.